The second-order valence-corrected chi connectivity index (χ2v) is 10.6. The van der Waals surface area contributed by atoms with Gasteiger partial charge in [0.05, 0.1) is 24.1 Å². The minimum atomic E-state index is -2.96. The molecule has 152 valence electrons. The van der Waals surface area contributed by atoms with Gasteiger partial charge in [-0.2, -0.15) is 0 Å². The fraction of sp³-hybridized carbons (Fsp3) is 0.600. The highest BCUT2D eigenvalue weighted by molar-refractivity contribution is 7.91. The van der Waals surface area contributed by atoms with Crippen molar-refractivity contribution >= 4 is 22.1 Å². The normalized spacial score (nSPS) is 23.2. The van der Waals surface area contributed by atoms with Crippen LogP contribution in [-0.2, 0) is 22.9 Å². The van der Waals surface area contributed by atoms with Crippen LogP contribution in [0, 0.1) is 10.8 Å². The fourth-order valence-electron chi connectivity index (χ4n) is 4.19. The summed E-state index contributed by atoms with van der Waals surface area (Å²) in [7, 11) is -2.96. The number of benzene rings is 1. The quantitative estimate of drug-likeness (QED) is 0.666. The summed E-state index contributed by atoms with van der Waals surface area (Å²) in [5, 5.41) is 4.49. The van der Waals surface area contributed by atoms with Gasteiger partial charge in [-0.1, -0.05) is 30.3 Å². The summed E-state index contributed by atoms with van der Waals surface area (Å²) in [5.41, 5.74) is 1.42. The number of sulfone groups is 1. The molecule has 8 heteroatoms. The summed E-state index contributed by atoms with van der Waals surface area (Å²) in [6.45, 7) is 2.68. The number of rotatable bonds is 6. The highest BCUT2D eigenvalue weighted by Crippen LogP contribution is 2.28. The Morgan fingerprint density at radius 3 is 2.57 bits per heavy atom. The first-order valence-corrected chi connectivity index (χ1v) is 12.3. The van der Waals surface area contributed by atoms with Crippen molar-refractivity contribution in [1.29, 1.82) is 0 Å². The van der Waals surface area contributed by atoms with E-state index in [0.29, 0.717) is 23.8 Å². The molecule has 0 spiro atoms. The molecule has 1 atom stereocenters. The molecule has 0 aliphatic carbocycles. The third-order valence-electron chi connectivity index (χ3n) is 5.93. The molecule has 2 fully saturated rings. The Bertz CT molecular complexity index is 945. The topological polar surface area (TPSA) is 68.3 Å². The molecule has 6 nitrogen and oxygen atoms in total. The van der Waals surface area contributed by atoms with Crippen molar-refractivity contribution in [1.82, 2.24) is 14.7 Å². The Morgan fingerprint density at radius 1 is 1.14 bits per heavy atom. The van der Waals surface area contributed by atoms with Gasteiger partial charge in [-0.05, 0) is 55.8 Å². The van der Waals surface area contributed by atoms with E-state index in [2.05, 4.69) is 40.3 Å². The first kappa shape index (κ1) is 19.8. The number of hydrogen-bond donors (Lipinski definition) is 0. The maximum atomic E-state index is 11.7. The minimum absolute atomic E-state index is 0.120. The lowest BCUT2D eigenvalue weighted by Gasteiger charge is -2.31. The fourth-order valence-corrected chi connectivity index (χ4v) is 6.10. The summed E-state index contributed by atoms with van der Waals surface area (Å²) in [5.74, 6) is 1.42. The summed E-state index contributed by atoms with van der Waals surface area (Å²) < 4.78 is 30.7. The Hall–Kier alpha value is -1.51. The molecule has 0 amide bonds. The molecule has 2 aromatic rings. The van der Waals surface area contributed by atoms with Gasteiger partial charge in [0.15, 0.2) is 9.84 Å². The average molecular weight is 422 g/mol. The van der Waals surface area contributed by atoms with Crippen molar-refractivity contribution in [2.75, 3.05) is 24.6 Å². The number of aryl methyl sites for hydroxylation is 1. The molecule has 0 unspecified atom stereocenters. The number of hydrogen-bond acceptors (Lipinski definition) is 6. The van der Waals surface area contributed by atoms with Crippen LogP contribution in [0.2, 0.25) is 0 Å². The third kappa shape index (κ3) is 4.90. The van der Waals surface area contributed by atoms with Crippen LogP contribution in [0.1, 0.15) is 43.1 Å². The second kappa shape index (κ2) is 8.47. The van der Waals surface area contributed by atoms with Crippen molar-refractivity contribution in [2.45, 2.75) is 44.7 Å². The summed E-state index contributed by atoms with van der Waals surface area (Å²) in [6.07, 6.45) is 5.33. The van der Waals surface area contributed by atoms with Gasteiger partial charge in [0.1, 0.15) is 0 Å². The molecule has 0 N–H and O–H groups in total. The molecule has 28 heavy (non-hydrogen) atoms. The summed E-state index contributed by atoms with van der Waals surface area (Å²) >= 11 is 5.31. The predicted molar refractivity (Wildman–Crippen MR) is 110 cm³/mol. The van der Waals surface area contributed by atoms with Gasteiger partial charge in [0.2, 0.25) is 5.89 Å². The first-order valence-electron chi connectivity index (χ1n) is 10.0. The third-order valence-corrected chi connectivity index (χ3v) is 7.99. The molecule has 2 aliphatic rings. The van der Waals surface area contributed by atoms with Crippen molar-refractivity contribution in [3.63, 3.8) is 0 Å². The van der Waals surface area contributed by atoms with E-state index in [4.69, 9.17) is 16.6 Å². The van der Waals surface area contributed by atoms with E-state index >= 15 is 0 Å². The van der Waals surface area contributed by atoms with Gasteiger partial charge in [-0.25, -0.2) is 13.1 Å². The number of piperidine rings is 1. The van der Waals surface area contributed by atoms with E-state index in [-0.39, 0.29) is 17.4 Å². The maximum absolute atomic E-state index is 11.7. The molecule has 1 aromatic carbocycles. The number of aromatic nitrogens is 2. The van der Waals surface area contributed by atoms with Crippen LogP contribution >= 0.6 is 12.2 Å². The Balaban J connectivity index is 1.27. The lowest BCUT2D eigenvalue weighted by Crippen LogP contribution is -2.35. The lowest BCUT2D eigenvalue weighted by atomic mass is 9.91. The van der Waals surface area contributed by atoms with E-state index in [1.807, 2.05) is 0 Å². The van der Waals surface area contributed by atoms with Gasteiger partial charge in [-0.3, -0.25) is 4.90 Å². The predicted octanol–water partition coefficient (Wildman–Crippen LogP) is 3.41. The molecule has 0 saturated carbocycles. The SMILES string of the molecule is O=S1(=O)CC[C@H](c2nn(CN3CCC(CCc4ccccc4)CC3)c(=S)o2)C1. The Morgan fingerprint density at radius 2 is 1.89 bits per heavy atom. The van der Waals surface area contributed by atoms with E-state index in [1.165, 1.54) is 24.8 Å². The molecule has 1 aromatic heterocycles. The van der Waals surface area contributed by atoms with E-state index in [0.717, 1.165) is 25.4 Å². The lowest BCUT2D eigenvalue weighted by molar-refractivity contribution is 0.135. The van der Waals surface area contributed by atoms with Gasteiger partial charge in [-0.15, -0.1) is 5.10 Å². The zero-order chi connectivity index (χ0) is 19.6. The Labute approximate surface area is 171 Å². The van der Waals surface area contributed by atoms with Crippen molar-refractivity contribution < 1.29 is 12.8 Å². The molecular weight excluding hydrogens is 394 g/mol. The van der Waals surface area contributed by atoms with Crippen LogP contribution in [0.4, 0.5) is 0 Å². The number of likely N-dealkylation sites (tertiary alicyclic amines) is 1. The van der Waals surface area contributed by atoms with E-state index in [9.17, 15) is 8.42 Å². The van der Waals surface area contributed by atoms with Crippen LogP contribution in [0.15, 0.2) is 34.7 Å². The molecule has 2 saturated heterocycles. The first-order chi connectivity index (χ1) is 13.5. The van der Waals surface area contributed by atoms with Crippen LogP contribution in [0.3, 0.4) is 0 Å². The van der Waals surface area contributed by atoms with Crippen molar-refractivity contribution in [3.8, 4) is 0 Å². The highest BCUT2D eigenvalue weighted by atomic mass is 32.2. The van der Waals surface area contributed by atoms with Crippen LogP contribution in [-0.4, -0.2) is 47.7 Å². The summed E-state index contributed by atoms with van der Waals surface area (Å²) in [4.78, 5) is 2.69. The zero-order valence-electron chi connectivity index (χ0n) is 16.0. The summed E-state index contributed by atoms with van der Waals surface area (Å²) in [6, 6.07) is 10.7. The molecule has 4 rings (SSSR count). The van der Waals surface area contributed by atoms with E-state index < -0.39 is 9.84 Å². The van der Waals surface area contributed by atoms with E-state index in [1.54, 1.807) is 4.68 Å². The van der Waals surface area contributed by atoms with Crippen LogP contribution in [0.25, 0.3) is 0 Å². The molecule has 2 aliphatic heterocycles. The van der Waals surface area contributed by atoms with Gasteiger partial charge in [0.25, 0.3) is 4.84 Å². The van der Waals surface area contributed by atoms with Crippen LogP contribution < -0.4 is 0 Å². The standard InChI is InChI=1S/C20H27N3O3S2/c24-28(25)13-10-18(14-28)19-21-23(20(27)26-19)15-22-11-8-17(9-12-22)7-6-16-4-2-1-3-5-16/h1-5,17-18H,6-15H2/t18-/m0/s1. The molecular formula is C20H27N3O3S2. The minimum Gasteiger partial charge on any atom is -0.414 e. The molecule has 0 radical (unpaired) electrons. The maximum Gasteiger partial charge on any atom is 0.288 e. The average Bonchev–Trinajstić information content (AvgIpc) is 3.24. The van der Waals surface area contributed by atoms with Gasteiger partial charge in [0, 0.05) is 13.1 Å². The number of nitrogens with zero attached hydrogens (tertiary/aromatic N) is 3. The Kier molecular flexibility index (Phi) is 5.99. The van der Waals surface area contributed by atoms with Crippen molar-refractivity contribution in [2.24, 2.45) is 5.92 Å². The smallest absolute Gasteiger partial charge is 0.288 e. The monoisotopic (exact) mass is 421 g/mol. The zero-order valence-corrected chi connectivity index (χ0v) is 17.6. The van der Waals surface area contributed by atoms with Gasteiger partial charge < -0.3 is 4.42 Å². The van der Waals surface area contributed by atoms with Gasteiger partial charge >= 0.3 is 0 Å². The van der Waals surface area contributed by atoms with Crippen molar-refractivity contribution in [3.05, 3.63) is 46.6 Å². The molecule has 0 bridgehead atoms. The van der Waals surface area contributed by atoms with Crippen LogP contribution in [0.5, 0.6) is 0 Å². The second-order valence-electron chi connectivity index (χ2n) is 8.03. The largest absolute Gasteiger partial charge is 0.414 e. The molecule has 3 heterocycles. The highest BCUT2D eigenvalue weighted by Gasteiger charge is 2.33.